The van der Waals surface area contributed by atoms with Gasteiger partial charge in [0.2, 0.25) is 5.13 Å². The minimum atomic E-state index is 0.220. The van der Waals surface area contributed by atoms with Crippen molar-refractivity contribution in [2.75, 3.05) is 18.1 Å². The van der Waals surface area contributed by atoms with Crippen molar-refractivity contribution in [2.24, 2.45) is 5.92 Å². The number of rotatable bonds is 4. The Bertz CT molecular complexity index is 599. The van der Waals surface area contributed by atoms with Gasteiger partial charge < -0.3 is 9.64 Å². The lowest BCUT2D eigenvalue weighted by atomic mass is 10.0. The molecule has 1 saturated heterocycles. The van der Waals surface area contributed by atoms with Gasteiger partial charge in [0, 0.05) is 24.5 Å². The maximum atomic E-state index is 5.88. The highest BCUT2D eigenvalue weighted by Gasteiger charge is 2.30. The van der Waals surface area contributed by atoms with Crippen molar-refractivity contribution in [1.29, 1.82) is 0 Å². The highest BCUT2D eigenvalue weighted by Crippen LogP contribution is 2.32. The van der Waals surface area contributed by atoms with Crippen molar-refractivity contribution in [3.63, 3.8) is 0 Å². The summed E-state index contributed by atoms with van der Waals surface area (Å²) < 4.78 is 10.4. The van der Waals surface area contributed by atoms with E-state index in [-0.39, 0.29) is 12.1 Å². The van der Waals surface area contributed by atoms with E-state index < -0.39 is 0 Å². The molecule has 2 aromatic rings. The van der Waals surface area contributed by atoms with E-state index in [1.54, 1.807) is 0 Å². The fourth-order valence-electron chi connectivity index (χ4n) is 2.77. The smallest absolute Gasteiger partial charge is 0.205 e. The van der Waals surface area contributed by atoms with Crippen LogP contribution in [0.5, 0.6) is 0 Å². The van der Waals surface area contributed by atoms with E-state index in [4.69, 9.17) is 9.72 Å². The molecule has 22 heavy (non-hydrogen) atoms. The lowest BCUT2D eigenvalue weighted by Gasteiger charge is -2.38. The van der Waals surface area contributed by atoms with E-state index >= 15 is 0 Å². The zero-order chi connectivity index (χ0) is 15.5. The predicted octanol–water partition coefficient (Wildman–Crippen LogP) is 3.70. The topological polar surface area (TPSA) is 38.2 Å². The van der Waals surface area contributed by atoms with Gasteiger partial charge in [-0.2, -0.15) is 4.37 Å². The zero-order valence-corrected chi connectivity index (χ0v) is 14.2. The van der Waals surface area contributed by atoms with Gasteiger partial charge in [-0.15, -0.1) is 0 Å². The fraction of sp³-hybridized carbons (Fsp3) is 0.529. The molecule has 5 heteroatoms. The van der Waals surface area contributed by atoms with Crippen molar-refractivity contribution < 1.29 is 4.74 Å². The highest BCUT2D eigenvalue weighted by molar-refractivity contribution is 7.09. The molecule has 3 rings (SSSR count). The molecule has 1 aromatic heterocycles. The Morgan fingerprint density at radius 3 is 2.82 bits per heavy atom. The van der Waals surface area contributed by atoms with Crippen LogP contribution in [0.25, 0.3) is 0 Å². The predicted molar refractivity (Wildman–Crippen MR) is 90.4 cm³/mol. The first kappa shape index (κ1) is 15.4. The van der Waals surface area contributed by atoms with Crippen molar-refractivity contribution in [3.05, 3.63) is 41.7 Å². The molecule has 4 nitrogen and oxygen atoms in total. The molecule has 0 radical (unpaired) electrons. The zero-order valence-electron chi connectivity index (χ0n) is 13.4. The minimum Gasteiger partial charge on any atom is -0.374 e. The van der Waals surface area contributed by atoms with Gasteiger partial charge >= 0.3 is 0 Å². The third-order valence-corrected chi connectivity index (χ3v) is 4.64. The molecule has 0 bridgehead atoms. The van der Waals surface area contributed by atoms with E-state index in [9.17, 15) is 0 Å². The number of hydrogen-bond acceptors (Lipinski definition) is 5. The summed E-state index contributed by atoms with van der Waals surface area (Å²) in [5.41, 5.74) is 1.27. The molecule has 0 aliphatic carbocycles. The number of anilines is 1. The number of ether oxygens (including phenoxy) is 1. The molecule has 0 saturated carbocycles. The molecular weight excluding hydrogens is 294 g/mol. The average Bonchev–Trinajstić information content (AvgIpc) is 2.95. The summed E-state index contributed by atoms with van der Waals surface area (Å²) in [6.07, 6.45) is 1.16. The SMILES string of the molecule is CC(C)Cc1nsc(N2CC(C)OCC2c2ccccc2)n1. The van der Waals surface area contributed by atoms with Gasteiger partial charge in [0.1, 0.15) is 5.82 Å². The molecule has 2 atom stereocenters. The van der Waals surface area contributed by atoms with Crippen LogP contribution in [0.2, 0.25) is 0 Å². The van der Waals surface area contributed by atoms with E-state index in [1.165, 1.54) is 17.1 Å². The standard InChI is InChI=1S/C17H23N3OS/c1-12(2)9-16-18-17(22-19-16)20-10-13(3)21-11-15(20)14-7-5-4-6-8-14/h4-8,12-13,15H,9-11H2,1-3H3. The monoisotopic (exact) mass is 317 g/mol. The van der Waals surface area contributed by atoms with Crippen molar-refractivity contribution in [2.45, 2.75) is 39.3 Å². The maximum absolute atomic E-state index is 5.88. The van der Waals surface area contributed by atoms with Crippen LogP contribution in [0.3, 0.4) is 0 Å². The Kier molecular flexibility index (Phi) is 4.74. The van der Waals surface area contributed by atoms with Gasteiger partial charge in [-0.1, -0.05) is 44.2 Å². The molecule has 0 spiro atoms. The van der Waals surface area contributed by atoms with E-state index in [0.717, 1.165) is 23.9 Å². The third kappa shape index (κ3) is 3.47. The summed E-state index contributed by atoms with van der Waals surface area (Å²) >= 11 is 1.51. The van der Waals surface area contributed by atoms with Crippen molar-refractivity contribution in [1.82, 2.24) is 9.36 Å². The summed E-state index contributed by atoms with van der Waals surface area (Å²) in [5, 5.41) is 1.01. The van der Waals surface area contributed by atoms with E-state index in [0.29, 0.717) is 12.5 Å². The Labute approximate surface area is 136 Å². The average molecular weight is 317 g/mol. The van der Waals surface area contributed by atoms with Gasteiger partial charge in [-0.25, -0.2) is 4.98 Å². The molecule has 0 amide bonds. The largest absolute Gasteiger partial charge is 0.374 e. The quantitative estimate of drug-likeness (QED) is 0.862. The van der Waals surface area contributed by atoms with Gasteiger partial charge in [0.25, 0.3) is 0 Å². The van der Waals surface area contributed by atoms with Crippen LogP contribution in [-0.2, 0) is 11.2 Å². The van der Waals surface area contributed by atoms with Crippen molar-refractivity contribution in [3.8, 4) is 0 Å². The fourth-order valence-corrected chi connectivity index (χ4v) is 3.53. The second kappa shape index (κ2) is 6.75. The summed E-state index contributed by atoms with van der Waals surface area (Å²) in [6.45, 7) is 8.07. The molecule has 1 aliphatic rings. The summed E-state index contributed by atoms with van der Waals surface area (Å²) in [6, 6.07) is 10.7. The van der Waals surface area contributed by atoms with Crippen LogP contribution < -0.4 is 4.90 Å². The van der Waals surface area contributed by atoms with Crippen LogP contribution in [-0.4, -0.2) is 28.6 Å². The van der Waals surface area contributed by atoms with E-state index in [1.807, 2.05) is 6.07 Å². The van der Waals surface area contributed by atoms with Crippen LogP contribution in [0.15, 0.2) is 30.3 Å². The Morgan fingerprint density at radius 1 is 1.32 bits per heavy atom. The van der Waals surface area contributed by atoms with E-state index in [2.05, 4.69) is 54.3 Å². The molecule has 1 aliphatic heterocycles. The molecule has 1 aromatic carbocycles. The van der Waals surface area contributed by atoms with Gasteiger partial charge in [0.05, 0.1) is 18.8 Å². The summed E-state index contributed by atoms with van der Waals surface area (Å²) in [5.74, 6) is 1.54. The molecule has 2 unspecified atom stereocenters. The molecule has 1 fully saturated rings. The second-order valence-electron chi connectivity index (χ2n) is 6.31. The van der Waals surface area contributed by atoms with Gasteiger partial charge in [-0.3, -0.25) is 0 Å². The van der Waals surface area contributed by atoms with Crippen LogP contribution in [0.1, 0.15) is 38.2 Å². The maximum Gasteiger partial charge on any atom is 0.205 e. The molecule has 0 N–H and O–H groups in total. The van der Waals surface area contributed by atoms with Gasteiger partial charge in [0.15, 0.2) is 0 Å². The molecule has 118 valence electrons. The number of nitrogens with zero attached hydrogens (tertiary/aromatic N) is 3. The Balaban J connectivity index is 1.85. The number of morpholine rings is 1. The highest BCUT2D eigenvalue weighted by atomic mass is 32.1. The molecule has 2 heterocycles. The molecular formula is C17H23N3OS. The summed E-state index contributed by atoms with van der Waals surface area (Å²) in [4.78, 5) is 7.11. The van der Waals surface area contributed by atoms with Crippen molar-refractivity contribution >= 4 is 16.7 Å². The Hall–Kier alpha value is -1.46. The first-order chi connectivity index (χ1) is 10.6. The first-order valence-electron chi connectivity index (χ1n) is 7.89. The van der Waals surface area contributed by atoms with Crippen LogP contribution in [0, 0.1) is 5.92 Å². The second-order valence-corrected chi connectivity index (χ2v) is 7.04. The van der Waals surface area contributed by atoms with Crippen LogP contribution >= 0.6 is 11.5 Å². The number of benzene rings is 1. The third-order valence-electron chi connectivity index (χ3n) is 3.85. The van der Waals surface area contributed by atoms with Crippen LogP contribution in [0.4, 0.5) is 5.13 Å². The normalized spacial score (nSPS) is 22.3. The number of hydrogen-bond donors (Lipinski definition) is 0. The lowest BCUT2D eigenvalue weighted by molar-refractivity contribution is 0.0303. The number of aromatic nitrogens is 2. The Morgan fingerprint density at radius 2 is 2.09 bits per heavy atom. The first-order valence-corrected chi connectivity index (χ1v) is 8.66. The lowest BCUT2D eigenvalue weighted by Crippen LogP contribution is -2.43. The van der Waals surface area contributed by atoms with Gasteiger partial charge in [-0.05, 0) is 18.4 Å². The summed E-state index contributed by atoms with van der Waals surface area (Å²) in [7, 11) is 0. The minimum absolute atomic E-state index is 0.220.